The first kappa shape index (κ1) is 19.6. The molecule has 2 aromatic carbocycles. The van der Waals surface area contributed by atoms with Gasteiger partial charge in [-0.25, -0.2) is 0 Å². The molecule has 0 unspecified atom stereocenters. The molecule has 29 heavy (non-hydrogen) atoms. The summed E-state index contributed by atoms with van der Waals surface area (Å²) in [6.45, 7) is 2.34. The number of benzene rings is 2. The number of amides is 3. The Morgan fingerprint density at radius 2 is 1.76 bits per heavy atom. The van der Waals surface area contributed by atoms with E-state index in [2.05, 4.69) is 10.2 Å². The van der Waals surface area contributed by atoms with Crippen molar-refractivity contribution in [3.05, 3.63) is 69.7 Å². The van der Waals surface area contributed by atoms with Crippen molar-refractivity contribution < 1.29 is 14.4 Å². The number of hydrogen-bond acceptors (Lipinski definition) is 4. The molecule has 6 nitrogen and oxygen atoms in total. The third-order valence-corrected chi connectivity index (χ3v) is 6.00. The third-order valence-electron chi connectivity index (χ3n) is 5.65. The van der Waals surface area contributed by atoms with Crippen molar-refractivity contribution in [1.29, 1.82) is 0 Å². The minimum Gasteiger partial charge on any atom is -0.350 e. The Labute approximate surface area is 174 Å². The summed E-state index contributed by atoms with van der Waals surface area (Å²) in [4.78, 5) is 40.4. The van der Waals surface area contributed by atoms with E-state index in [0.29, 0.717) is 22.7 Å². The van der Waals surface area contributed by atoms with Gasteiger partial charge in [-0.2, -0.15) is 0 Å². The van der Waals surface area contributed by atoms with Gasteiger partial charge in [0.1, 0.15) is 0 Å². The first-order chi connectivity index (χ1) is 14.0. The lowest BCUT2D eigenvalue weighted by Gasteiger charge is -2.29. The monoisotopic (exact) mass is 411 g/mol. The number of nitrogens with zero attached hydrogens (tertiary/aromatic N) is 2. The lowest BCUT2D eigenvalue weighted by Crippen LogP contribution is -2.37. The van der Waals surface area contributed by atoms with Crippen molar-refractivity contribution in [3.8, 4) is 0 Å². The van der Waals surface area contributed by atoms with Crippen molar-refractivity contribution in [2.24, 2.45) is 0 Å². The maximum absolute atomic E-state index is 12.8. The molecule has 1 atom stereocenters. The zero-order valence-corrected chi connectivity index (χ0v) is 16.9. The molecule has 2 aromatic rings. The second-order valence-corrected chi connectivity index (χ2v) is 7.83. The van der Waals surface area contributed by atoms with E-state index in [1.165, 1.54) is 13.1 Å². The van der Waals surface area contributed by atoms with Crippen LogP contribution in [0.25, 0.3) is 0 Å². The summed E-state index contributed by atoms with van der Waals surface area (Å²) in [6.07, 6.45) is 2.26. The number of hydrogen-bond donors (Lipinski definition) is 1. The van der Waals surface area contributed by atoms with Crippen LogP contribution in [0.2, 0.25) is 5.02 Å². The predicted octanol–water partition coefficient (Wildman–Crippen LogP) is 3.13. The second-order valence-electron chi connectivity index (χ2n) is 7.42. The number of nitrogens with one attached hydrogen (secondary N) is 1. The van der Waals surface area contributed by atoms with Crippen LogP contribution >= 0.6 is 11.6 Å². The largest absolute Gasteiger partial charge is 0.350 e. The molecule has 2 aliphatic heterocycles. The fraction of sp³-hybridized carbons (Fsp3) is 0.318. The molecule has 0 radical (unpaired) electrons. The fourth-order valence-corrected chi connectivity index (χ4v) is 4.29. The van der Waals surface area contributed by atoms with Gasteiger partial charge < -0.3 is 5.32 Å². The van der Waals surface area contributed by atoms with E-state index in [1.807, 2.05) is 24.3 Å². The highest BCUT2D eigenvalue weighted by atomic mass is 35.5. The van der Waals surface area contributed by atoms with Crippen LogP contribution in [-0.4, -0.2) is 54.2 Å². The molecule has 0 bridgehead atoms. The summed E-state index contributed by atoms with van der Waals surface area (Å²) < 4.78 is 0. The zero-order chi connectivity index (χ0) is 20.5. The van der Waals surface area contributed by atoms with Crippen LogP contribution in [0.5, 0.6) is 0 Å². The van der Waals surface area contributed by atoms with E-state index >= 15 is 0 Å². The van der Waals surface area contributed by atoms with Crippen LogP contribution in [-0.2, 0) is 0 Å². The van der Waals surface area contributed by atoms with Crippen LogP contribution in [0.4, 0.5) is 0 Å². The van der Waals surface area contributed by atoms with Crippen LogP contribution in [0.1, 0.15) is 55.5 Å². The van der Waals surface area contributed by atoms with Gasteiger partial charge in [-0.15, -0.1) is 0 Å². The molecule has 2 heterocycles. The summed E-state index contributed by atoms with van der Waals surface area (Å²) >= 11 is 6.42. The van der Waals surface area contributed by atoms with Gasteiger partial charge in [-0.3, -0.25) is 24.2 Å². The van der Waals surface area contributed by atoms with Gasteiger partial charge in [0.25, 0.3) is 17.7 Å². The van der Waals surface area contributed by atoms with Gasteiger partial charge in [-0.1, -0.05) is 29.8 Å². The quantitative estimate of drug-likeness (QED) is 0.767. The van der Waals surface area contributed by atoms with Gasteiger partial charge in [-0.05, 0) is 55.8 Å². The second kappa shape index (κ2) is 7.97. The topological polar surface area (TPSA) is 69.7 Å². The highest BCUT2D eigenvalue weighted by molar-refractivity contribution is 6.31. The predicted molar refractivity (Wildman–Crippen MR) is 110 cm³/mol. The maximum atomic E-state index is 12.8. The third kappa shape index (κ3) is 3.66. The summed E-state index contributed by atoms with van der Waals surface area (Å²) in [5.41, 5.74) is 1.96. The van der Waals surface area contributed by atoms with E-state index in [-0.39, 0.29) is 29.3 Å². The molecule has 0 saturated carbocycles. The van der Waals surface area contributed by atoms with Crippen molar-refractivity contribution in [1.82, 2.24) is 15.1 Å². The standard InChI is InChI=1S/C22H22ClN3O3/c1-25-21(28)15-9-8-14(12-17(15)22(25)29)20(27)24-13-19(26-10-4-5-11-26)16-6-2-3-7-18(16)23/h2-3,6-9,12,19H,4-5,10-11,13H2,1H3,(H,24,27)/t19-/m1/s1. The van der Waals surface area contributed by atoms with E-state index in [4.69, 9.17) is 11.6 Å². The van der Waals surface area contributed by atoms with Crippen molar-refractivity contribution in [2.45, 2.75) is 18.9 Å². The van der Waals surface area contributed by atoms with E-state index in [0.717, 1.165) is 36.4 Å². The lowest BCUT2D eigenvalue weighted by molar-refractivity contribution is 0.0693. The number of halogens is 1. The van der Waals surface area contributed by atoms with Crippen LogP contribution in [0.15, 0.2) is 42.5 Å². The lowest BCUT2D eigenvalue weighted by atomic mass is 10.0. The van der Waals surface area contributed by atoms with Crippen LogP contribution in [0, 0.1) is 0 Å². The number of imide groups is 1. The Balaban J connectivity index is 1.53. The van der Waals surface area contributed by atoms with Crippen LogP contribution in [0.3, 0.4) is 0 Å². The molecule has 7 heteroatoms. The van der Waals surface area contributed by atoms with E-state index in [1.54, 1.807) is 12.1 Å². The minimum absolute atomic E-state index is 0.0149. The summed E-state index contributed by atoms with van der Waals surface area (Å²) in [6, 6.07) is 12.3. The first-order valence-electron chi connectivity index (χ1n) is 9.70. The Morgan fingerprint density at radius 3 is 2.48 bits per heavy atom. The summed E-state index contributed by atoms with van der Waals surface area (Å²) in [5, 5.41) is 3.66. The molecule has 1 N–H and O–H groups in total. The SMILES string of the molecule is CN1C(=O)c2ccc(C(=O)NC[C@H](c3ccccc3Cl)N3CCCC3)cc2C1=O. The molecule has 0 spiro atoms. The molecule has 0 aliphatic carbocycles. The van der Waals surface area contributed by atoms with Gasteiger partial charge >= 0.3 is 0 Å². The van der Waals surface area contributed by atoms with E-state index < -0.39 is 0 Å². The van der Waals surface area contributed by atoms with Crippen molar-refractivity contribution in [3.63, 3.8) is 0 Å². The summed E-state index contributed by atoms with van der Waals surface area (Å²) in [5.74, 6) is -1.01. The molecule has 4 rings (SSSR count). The molecular weight excluding hydrogens is 390 g/mol. The molecule has 150 valence electrons. The van der Waals surface area contributed by atoms with Crippen molar-refractivity contribution >= 4 is 29.3 Å². The molecule has 1 fully saturated rings. The highest BCUT2D eigenvalue weighted by Crippen LogP contribution is 2.30. The Bertz CT molecular complexity index is 985. The number of rotatable bonds is 5. The Hall–Kier alpha value is -2.70. The van der Waals surface area contributed by atoms with Gasteiger partial charge in [0.15, 0.2) is 0 Å². The van der Waals surface area contributed by atoms with Gasteiger partial charge in [0, 0.05) is 24.2 Å². The molecule has 1 saturated heterocycles. The van der Waals surface area contributed by atoms with E-state index in [9.17, 15) is 14.4 Å². The smallest absolute Gasteiger partial charge is 0.261 e. The number of likely N-dealkylation sites (tertiary alicyclic amines) is 1. The average molecular weight is 412 g/mol. The Kier molecular flexibility index (Phi) is 5.39. The average Bonchev–Trinajstić information content (AvgIpc) is 3.33. The number of carbonyl (C=O) groups is 3. The molecular formula is C22H22ClN3O3. The summed E-state index contributed by atoms with van der Waals surface area (Å²) in [7, 11) is 1.44. The maximum Gasteiger partial charge on any atom is 0.261 e. The normalized spacial score (nSPS) is 17.5. The fourth-order valence-electron chi connectivity index (χ4n) is 4.03. The molecule has 0 aromatic heterocycles. The minimum atomic E-state index is -0.384. The first-order valence-corrected chi connectivity index (χ1v) is 10.1. The van der Waals surface area contributed by atoms with Crippen LogP contribution < -0.4 is 5.32 Å². The van der Waals surface area contributed by atoms with Gasteiger partial charge in [0.2, 0.25) is 0 Å². The van der Waals surface area contributed by atoms with Crippen molar-refractivity contribution in [2.75, 3.05) is 26.7 Å². The Morgan fingerprint density at radius 1 is 1.07 bits per heavy atom. The molecule has 3 amide bonds. The van der Waals surface area contributed by atoms with Gasteiger partial charge in [0.05, 0.1) is 17.2 Å². The number of carbonyl (C=O) groups excluding carboxylic acids is 3. The number of fused-ring (bicyclic) bond motifs is 1. The molecule has 2 aliphatic rings. The highest BCUT2D eigenvalue weighted by Gasteiger charge is 2.33. The zero-order valence-electron chi connectivity index (χ0n) is 16.2.